The van der Waals surface area contributed by atoms with Gasteiger partial charge in [0.15, 0.2) is 5.01 Å². The Morgan fingerprint density at radius 2 is 1.85 bits per heavy atom. The molecule has 1 aromatic carbocycles. The van der Waals surface area contributed by atoms with E-state index in [0.717, 1.165) is 6.20 Å². The summed E-state index contributed by atoms with van der Waals surface area (Å²) in [6, 6.07) is 6.60. The first-order valence-corrected chi connectivity index (χ1v) is 6.29. The van der Waals surface area contributed by atoms with Crippen LogP contribution in [0.1, 0.15) is 5.01 Å². The van der Waals surface area contributed by atoms with Crippen LogP contribution in [0.5, 0.6) is 0 Å². The molecule has 3 rings (SSSR count). The fourth-order valence-corrected chi connectivity index (χ4v) is 2.60. The number of nitrogens with zero attached hydrogens (tertiary/aromatic N) is 2. The SMILES string of the molecule is O=c1[nH]nc(-c2cnc(C(F)(F)F)s2)c2ccccc12. The number of alkyl halides is 3. The van der Waals surface area contributed by atoms with Gasteiger partial charge in [-0.15, -0.1) is 11.3 Å². The molecule has 0 aliphatic rings. The van der Waals surface area contributed by atoms with Crippen LogP contribution in [-0.2, 0) is 6.18 Å². The third-order valence-corrected chi connectivity index (χ3v) is 3.73. The van der Waals surface area contributed by atoms with E-state index in [9.17, 15) is 18.0 Å². The second-order valence-corrected chi connectivity index (χ2v) is 5.00. The van der Waals surface area contributed by atoms with Crippen LogP contribution in [0.15, 0.2) is 35.3 Å². The van der Waals surface area contributed by atoms with Crippen molar-refractivity contribution in [3.05, 3.63) is 45.8 Å². The van der Waals surface area contributed by atoms with Gasteiger partial charge in [0.1, 0.15) is 5.69 Å². The van der Waals surface area contributed by atoms with Gasteiger partial charge >= 0.3 is 6.18 Å². The third kappa shape index (κ3) is 2.07. The van der Waals surface area contributed by atoms with Crippen molar-refractivity contribution in [2.45, 2.75) is 6.18 Å². The van der Waals surface area contributed by atoms with Gasteiger partial charge in [-0.2, -0.15) is 18.3 Å². The predicted molar refractivity (Wildman–Crippen MR) is 68.5 cm³/mol. The first-order chi connectivity index (χ1) is 9.47. The van der Waals surface area contributed by atoms with Crippen LogP contribution in [0.3, 0.4) is 0 Å². The molecule has 0 spiro atoms. The Bertz CT molecular complexity index is 838. The van der Waals surface area contributed by atoms with Crippen molar-refractivity contribution in [2.75, 3.05) is 0 Å². The Hall–Kier alpha value is -2.22. The first kappa shape index (κ1) is 12.8. The highest BCUT2D eigenvalue weighted by Gasteiger charge is 2.35. The summed E-state index contributed by atoms with van der Waals surface area (Å²) in [6.07, 6.45) is -3.37. The molecule has 0 aliphatic carbocycles. The van der Waals surface area contributed by atoms with Gasteiger partial charge in [0, 0.05) is 11.6 Å². The molecular formula is C12H6F3N3OS. The van der Waals surface area contributed by atoms with E-state index in [2.05, 4.69) is 15.2 Å². The maximum Gasteiger partial charge on any atom is 0.443 e. The van der Waals surface area contributed by atoms with Crippen molar-refractivity contribution in [3.63, 3.8) is 0 Å². The molecule has 0 bridgehead atoms. The normalized spacial score (nSPS) is 11.9. The minimum Gasteiger partial charge on any atom is -0.267 e. The number of hydrogen-bond donors (Lipinski definition) is 1. The number of aromatic amines is 1. The number of fused-ring (bicyclic) bond motifs is 1. The zero-order chi connectivity index (χ0) is 14.3. The van der Waals surface area contributed by atoms with Crippen molar-refractivity contribution in [1.82, 2.24) is 15.2 Å². The van der Waals surface area contributed by atoms with E-state index in [1.807, 2.05) is 0 Å². The molecule has 1 N–H and O–H groups in total. The highest BCUT2D eigenvalue weighted by molar-refractivity contribution is 7.15. The Labute approximate surface area is 113 Å². The Morgan fingerprint density at radius 3 is 2.50 bits per heavy atom. The summed E-state index contributed by atoms with van der Waals surface area (Å²) in [5, 5.41) is 6.05. The average molecular weight is 297 g/mol. The van der Waals surface area contributed by atoms with E-state index in [-0.39, 0.29) is 16.1 Å². The van der Waals surface area contributed by atoms with Crippen LogP contribution in [0.4, 0.5) is 13.2 Å². The molecule has 20 heavy (non-hydrogen) atoms. The molecule has 8 heteroatoms. The predicted octanol–water partition coefficient (Wildman–Crippen LogP) is 3.07. The largest absolute Gasteiger partial charge is 0.443 e. The maximum absolute atomic E-state index is 12.6. The van der Waals surface area contributed by atoms with Crippen LogP contribution >= 0.6 is 11.3 Å². The molecule has 0 unspecified atom stereocenters. The number of rotatable bonds is 1. The summed E-state index contributed by atoms with van der Waals surface area (Å²) in [7, 11) is 0. The van der Waals surface area contributed by atoms with E-state index >= 15 is 0 Å². The Kier molecular flexibility index (Phi) is 2.82. The van der Waals surface area contributed by atoms with Gasteiger partial charge in [0.05, 0.1) is 10.3 Å². The molecule has 0 amide bonds. The average Bonchev–Trinajstić information content (AvgIpc) is 2.89. The zero-order valence-electron chi connectivity index (χ0n) is 9.73. The van der Waals surface area contributed by atoms with E-state index in [1.54, 1.807) is 24.3 Å². The first-order valence-electron chi connectivity index (χ1n) is 5.47. The lowest BCUT2D eigenvalue weighted by Gasteiger charge is -2.02. The summed E-state index contributed by atoms with van der Waals surface area (Å²) < 4.78 is 37.7. The lowest BCUT2D eigenvalue weighted by molar-refractivity contribution is -0.137. The lowest BCUT2D eigenvalue weighted by atomic mass is 10.1. The number of benzene rings is 1. The van der Waals surface area contributed by atoms with Gasteiger partial charge in [-0.3, -0.25) is 4.79 Å². The molecule has 0 atom stereocenters. The summed E-state index contributed by atoms with van der Waals surface area (Å²) >= 11 is 0.493. The Balaban J connectivity index is 2.23. The second-order valence-electron chi connectivity index (χ2n) is 3.97. The van der Waals surface area contributed by atoms with Crippen LogP contribution in [0, 0.1) is 0 Å². The van der Waals surface area contributed by atoms with Crippen molar-refractivity contribution >= 4 is 22.1 Å². The van der Waals surface area contributed by atoms with E-state index in [4.69, 9.17) is 0 Å². The highest BCUT2D eigenvalue weighted by Crippen LogP contribution is 2.36. The summed E-state index contributed by atoms with van der Waals surface area (Å²) in [5.41, 5.74) is -0.0990. The molecule has 2 aromatic heterocycles. The van der Waals surface area contributed by atoms with Crippen molar-refractivity contribution in [3.8, 4) is 10.6 Å². The van der Waals surface area contributed by atoms with Crippen molar-refractivity contribution in [2.24, 2.45) is 0 Å². The smallest absolute Gasteiger partial charge is 0.267 e. The van der Waals surface area contributed by atoms with Gasteiger partial charge in [0.25, 0.3) is 5.56 Å². The monoisotopic (exact) mass is 297 g/mol. The molecule has 0 saturated carbocycles. The zero-order valence-corrected chi connectivity index (χ0v) is 10.5. The number of halogens is 3. The molecule has 2 heterocycles. The van der Waals surface area contributed by atoms with E-state index in [1.165, 1.54) is 0 Å². The number of nitrogens with one attached hydrogen (secondary N) is 1. The minimum absolute atomic E-state index is 0.254. The second kappa shape index (κ2) is 4.41. The molecule has 0 fully saturated rings. The highest BCUT2D eigenvalue weighted by atomic mass is 32.1. The summed E-state index contributed by atoms with van der Waals surface area (Å²) in [4.78, 5) is 15.2. The fourth-order valence-electron chi connectivity index (χ4n) is 1.82. The van der Waals surface area contributed by atoms with Gasteiger partial charge in [0.2, 0.25) is 0 Å². The third-order valence-electron chi connectivity index (χ3n) is 2.68. The quantitative estimate of drug-likeness (QED) is 0.751. The summed E-state index contributed by atoms with van der Waals surface area (Å²) in [5.74, 6) is 0. The van der Waals surface area contributed by atoms with E-state index < -0.39 is 11.2 Å². The van der Waals surface area contributed by atoms with Gasteiger partial charge in [-0.1, -0.05) is 18.2 Å². The summed E-state index contributed by atoms with van der Waals surface area (Å²) in [6.45, 7) is 0. The number of hydrogen-bond acceptors (Lipinski definition) is 4. The van der Waals surface area contributed by atoms with Crippen molar-refractivity contribution in [1.29, 1.82) is 0 Å². The number of aromatic nitrogens is 3. The molecule has 0 saturated heterocycles. The maximum atomic E-state index is 12.6. The number of H-pyrrole nitrogens is 1. The van der Waals surface area contributed by atoms with Crippen molar-refractivity contribution < 1.29 is 13.2 Å². The van der Waals surface area contributed by atoms with E-state index in [0.29, 0.717) is 22.1 Å². The lowest BCUT2D eigenvalue weighted by Crippen LogP contribution is -2.08. The molecule has 4 nitrogen and oxygen atoms in total. The minimum atomic E-state index is -4.49. The fraction of sp³-hybridized carbons (Fsp3) is 0.0833. The van der Waals surface area contributed by atoms with Crippen LogP contribution in [0.25, 0.3) is 21.3 Å². The molecule has 3 aromatic rings. The van der Waals surface area contributed by atoms with Crippen LogP contribution in [0.2, 0.25) is 0 Å². The van der Waals surface area contributed by atoms with Gasteiger partial charge in [-0.25, -0.2) is 10.1 Å². The Morgan fingerprint density at radius 1 is 1.15 bits per heavy atom. The van der Waals surface area contributed by atoms with Crippen LogP contribution in [-0.4, -0.2) is 15.2 Å². The molecular weight excluding hydrogens is 291 g/mol. The van der Waals surface area contributed by atoms with Gasteiger partial charge in [-0.05, 0) is 6.07 Å². The molecule has 0 aliphatic heterocycles. The van der Waals surface area contributed by atoms with Crippen LogP contribution < -0.4 is 5.56 Å². The molecule has 102 valence electrons. The van der Waals surface area contributed by atoms with Gasteiger partial charge < -0.3 is 0 Å². The topological polar surface area (TPSA) is 58.6 Å². The number of thiazole rings is 1. The standard InChI is InChI=1S/C12H6F3N3OS/c13-12(14,15)11-16-5-8(20-11)9-6-3-1-2-4-7(6)10(19)18-17-9/h1-5H,(H,18,19). The molecule has 0 radical (unpaired) electrons.